The van der Waals surface area contributed by atoms with Gasteiger partial charge < -0.3 is 14.2 Å². The summed E-state index contributed by atoms with van der Waals surface area (Å²) in [5.41, 5.74) is 3.01. The first kappa shape index (κ1) is 15.1. The van der Waals surface area contributed by atoms with Gasteiger partial charge in [-0.1, -0.05) is 6.92 Å². The van der Waals surface area contributed by atoms with Crippen LogP contribution in [0.15, 0.2) is 6.07 Å². The highest BCUT2D eigenvalue weighted by Crippen LogP contribution is 2.20. The standard InChI is InChI=1S/C16H26N2O2/c1-5-9-20-14-7-6-8-18(11-14)16(19)15-10-12(2)17(4)13(15)3/h10,14H,5-9,11H2,1-4H3/t14-/m0/s1. The molecule has 2 heterocycles. The van der Waals surface area contributed by atoms with Gasteiger partial charge in [0, 0.05) is 38.1 Å². The molecular formula is C16H26N2O2. The number of hydrogen-bond acceptors (Lipinski definition) is 2. The van der Waals surface area contributed by atoms with E-state index < -0.39 is 0 Å². The van der Waals surface area contributed by atoms with Gasteiger partial charge in [-0.25, -0.2) is 0 Å². The molecule has 0 N–H and O–H groups in total. The minimum Gasteiger partial charge on any atom is -0.376 e. The molecule has 1 atom stereocenters. The molecule has 1 aliphatic rings. The van der Waals surface area contributed by atoms with E-state index in [0.717, 1.165) is 55.9 Å². The van der Waals surface area contributed by atoms with Gasteiger partial charge in [-0.2, -0.15) is 0 Å². The van der Waals surface area contributed by atoms with E-state index >= 15 is 0 Å². The minimum absolute atomic E-state index is 0.149. The number of hydrogen-bond donors (Lipinski definition) is 0. The van der Waals surface area contributed by atoms with Gasteiger partial charge in [0.05, 0.1) is 11.7 Å². The number of likely N-dealkylation sites (tertiary alicyclic amines) is 1. The van der Waals surface area contributed by atoms with Crippen molar-refractivity contribution in [3.05, 3.63) is 23.0 Å². The highest BCUT2D eigenvalue weighted by atomic mass is 16.5. The van der Waals surface area contributed by atoms with Crippen LogP contribution in [-0.2, 0) is 11.8 Å². The van der Waals surface area contributed by atoms with E-state index in [2.05, 4.69) is 11.5 Å². The van der Waals surface area contributed by atoms with Crippen LogP contribution in [0, 0.1) is 13.8 Å². The zero-order valence-corrected chi connectivity index (χ0v) is 13.1. The lowest BCUT2D eigenvalue weighted by atomic mass is 10.1. The summed E-state index contributed by atoms with van der Waals surface area (Å²) in [6.45, 7) is 8.52. The van der Waals surface area contributed by atoms with E-state index in [4.69, 9.17) is 4.74 Å². The Hall–Kier alpha value is -1.29. The Bertz CT molecular complexity index is 479. The average molecular weight is 278 g/mol. The number of piperidine rings is 1. The molecular weight excluding hydrogens is 252 g/mol. The first-order valence-corrected chi connectivity index (χ1v) is 7.58. The SMILES string of the molecule is CCCO[C@H]1CCCN(C(=O)c2cc(C)n(C)c2C)C1. The molecule has 2 rings (SSSR count). The second kappa shape index (κ2) is 6.44. The number of ether oxygens (including phenoxy) is 1. The highest BCUT2D eigenvalue weighted by Gasteiger charge is 2.26. The molecule has 4 heteroatoms. The first-order valence-electron chi connectivity index (χ1n) is 7.58. The van der Waals surface area contributed by atoms with Crippen LogP contribution in [0.5, 0.6) is 0 Å². The predicted octanol–water partition coefficient (Wildman–Crippen LogP) is 2.67. The molecule has 1 aromatic heterocycles. The fourth-order valence-electron chi connectivity index (χ4n) is 2.79. The van der Waals surface area contributed by atoms with Crippen molar-refractivity contribution in [1.82, 2.24) is 9.47 Å². The number of aryl methyl sites for hydroxylation is 1. The quantitative estimate of drug-likeness (QED) is 0.848. The number of rotatable bonds is 4. The third-order valence-corrected chi connectivity index (χ3v) is 4.23. The normalized spacial score (nSPS) is 19.4. The second-order valence-electron chi connectivity index (χ2n) is 5.73. The maximum atomic E-state index is 12.7. The Morgan fingerprint density at radius 3 is 2.80 bits per heavy atom. The predicted molar refractivity (Wildman–Crippen MR) is 80.1 cm³/mol. The van der Waals surface area contributed by atoms with Crippen molar-refractivity contribution in [2.75, 3.05) is 19.7 Å². The zero-order chi connectivity index (χ0) is 14.7. The molecule has 0 radical (unpaired) electrons. The molecule has 112 valence electrons. The van der Waals surface area contributed by atoms with Crippen molar-refractivity contribution in [1.29, 1.82) is 0 Å². The summed E-state index contributed by atoms with van der Waals surface area (Å²) in [7, 11) is 2.00. The van der Waals surface area contributed by atoms with Gasteiger partial charge >= 0.3 is 0 Å². The van der Waals surface area contributed by atoms with Crippen molar-refractivity contribution < 1.29 is 9.53 Å². The molecule has 0 aliphatic carbocycles. The molecule has 0 unspecified atom stereocenters. The van der Waals surface area contributed by atoms with Crippen molar-refractivity contribution in [3.8, 4) is 0 Å². The van der Waals surface area contributed by atoms with Gasteiger partial charge in [-0.3, -0.25) is 4.79 Å². The Morgan fingerprint density at radius 2 is 2.20 bits per heavy atom. The lowest BCUT2D eigenvalue weighted by Gasteiger charge is -2.32. The molecule has 0 bridgehead atoms. The van der Waals surface area contributed by atoms with Crippen LogP contribution >= 0.6 is 0 Å². The van der Waals surface area contributed by atoms with E-state index in [9.17, 15) is 4.79 Å². The van der Waals surface area contributed by atoms with Crippen LogP contribution in [0.2, 0.25) is 0 Å². The van der Waals surface area contributed by atoms with Crippen molar-refractivity contribution >= 4 is 5.91 Å². The van der Waals surface area contributed by atoms with Crippen LogP contribution in [0.4, 0.5) is 0 Å². The lowest BCUT2D eigenvalue weighted by molar-refractivity contribution is 0.00208. The van der Waals surface area contributed by atoms with Crippen molar-refractivity contribution in [2.24, 2.45) is 7.05 Å². The Balaban J connectivity index is 2.06. The summed E-state index contributed by atoms with van der Waals surface area (Å²) in [5, 5.41) is 0. The van der Waals surface area contributed by atoms with E-state index in [0.29, 0.717) is 0 Å². The molecule has 20 heavy (non-hydrogen) atoms. The van der Waals surface area contributed by atoms with Crippen LogP contribution in [0.3, 0.4) is 0 Å². The van der Waals surface area contributed by atoms with Crippen molar-refractivity contribution in [2.45, 2.75) is 46.1 Å². The van der Waals surface area contributed by atoms with E-state index in [1.54, 1.807) is 0 Å². The summed E-state index contributed by atoms with van der Waals surface area (Å²) in [6.07, 6.45) is 3.33. The minimum atomic E-state index is 0.149. The Labute approximate surface area is 121 Å². The number of aromatic nitrogens is 1. The number of nitrogens with zero attached hydrogens (tertiary/aromatic N) is 2. The lowest BCUT2D eigenvalue weighted by Crippen LogP contribution is -2.43. The fourth-order valence-corrected chi connectivity index (χ4v) is 2.79. The van der Waals surface area contributed by atoms with Gasteiger partial charge in [-0.15, -0.1) is 0 Å². The highest BCUT2D eigenvalue weighted by molar-refractivity contribution is 5.95. The van der Waals surface area contributed by atoms with Gasteiger partial charge in [-0.05, 0) is 39.2 Å². The molecule has 1 fully saturated rings. The summed E-state index contributed by atoms with van der Waals surface area (Å²) in [5.74, 6) is 0.149. The van der Waals surface area contributed by atoms with E-state index in [1.165, 1.54) is 0 Å². The number of carbonyl (C=O) groups excluding carboxylic acids is 1. The largest absolute Gasteiger partial charge is 0.376 e. The zero-order valence-electron chi connectivity index (χ0n) is 13.1. The third kappa shape index (κ3) is 3.06. The maximum Gasteiger partial charge on any atom is 0.255 e. The Morgan fingerprint density at radius 1 is 1.45 bits per heavy atom. The first-order chi connectivity index (χ1) is 9.54. The van der Waals surface area contributed by atoms with Crippen LogP contribution in [-0.4, -0.2) is 41.2 Å². The molecule has 4 nitrogen and oxygen atoms in total. The Kier molecular flexibility index (Phi) is 4.86. The fraction of sp³-hybridized carbons (Fsp3) is 0.688. The van der Waals surface area contributed by atoms with Crippen LogP contribution < -0.4 is 0 Å². The molecule has 0 saturated carbocycles. The van der Waals surface area contributed by atoms with Crippen LogP contribution in [0.1, 0.15) is 47.9 Å². The average Bonchev–Trinajstić information content (AvgIpc) is 2.72. The molecule has 1 saturated heterocycles. The molecule has 0 aromatic carbocycles. The van der Waals surface area contributed by atoms with E-state index in [1.807, 2.05) is 31.9 Å². The van der Waals surface area contributed by atoms with Gasteiger partial charge in [0.2, 0.25) is 0 Å². The summed E-state index contributed by atoms with van der Waals surface area (Å²) < 4.78 is 7.88. The molecule has 1 aliphatic heterocycles. The third-order valence-electron chi connectivity index (χ3n) is 4.23. The number of carbonyl (C=O) groups is 1. The molecule has 1 amide bonds. The second-order valence-corrected chi connectivity index (χ2v) is 5.73. The van der Waals surface area contributed by atoms with Gasteiger partial charge in [0.1, 0.15) is 0 Å². The summed E-state index contributed by atoms with van der Waals surface area (Å²) in [4.78, 5) is 14.6. The van der Waals surface area contributed by atoms with E-state index in [-0.39, 0.29) is 12.0 Å². The van der Waals surface area contributed by atoms with Gasteiger partial charge in [0.25, 0.3) is 5.91 Å². The maximum absolute atomic E-state index is 12.7. The smallest absolute Gasteiger partial charge is 0.255 e. The summed E-state index contributed by atoms with van der Waals surface area (Å²) in [6, 6.07) is 1.99. The monoisotopic (exact) mass is 278 g/mol. The molecule has 0 spiro atoms. The van der Waals surface area contributed by atoms with Crippen LogP contribution in [0.25, 0.3) is 0 Å². The van der Waals surface area contributed by atoms with Crippen molar-refractivity contribution in [3.63, 3.8) is 0 Å². The summed E-state index contributed by atoms with van der Waals surface area (Å²) >= 11 is 0. The number of amides is 1. The molecule has 1 aromatic rings. The topological polar surface area (TPSA) is 34.5 Å². The van der Waals surface area contributed by atoms with Gasteiger partial charge in [0.15, 0.2) is 0 Å².